The maximum Gasteiger partial charge on any atom is 0.246 e. The largest absolute Gasteiger partial charge is 0.495 e. The van der Waals surface area contributed by atoms with Gasteiger partial charge in [0.2, 0.25) is 15.9 Å². The monoisotopic (exact) mass is 403 g/mol. The summed E-state index contributed by atoms with van der Waals surface area (Å²) >= 11 is 0. The van der Waals surface area contributed by atoms with Crippen LogP contribution in [0.15, 0.2) is 47.6 Å². The van der Waals surface area contributed by atoms with E-state index in [1.54, 1.807) is 24.5 Å². The molecule has 0 unspecified atom stereocenters. The Kier molecular flexibility index (Phi) is 6.31. The predicted molar refractivity (Wildman–Crippen MR) is 105 cm³/mol. The number of pyridine rings is 1. The topological polar surface area (TPSA) is 88.6 Å². The molecule has 150 valence electrons. The zero-order valence-electron chi connectivity index (χ0n) is 16.1. The standard InChI is InChI=1S/C20H25N3O4S/c1-15-7-8-18(27-2)19(11-15)28(25,26)23-10-4-6-17(14-23)20(24)22-13-16-5-3-9-21-12-16/h3,5,7-9,11-12,17H,4,6,10,13-14H2,1-2H3,(H,22,24)/t17-/m1/s1. The normalized spacial score (nSPS) is 17.9. The van der Waals surface area contributed by atoms with E-state index in [2.05, 4.69) is 10.3 Å². The van der Waals surface area contributed by atoms with E-state index in [0.717, 1.165) is 11.1 Å². The zero-order chi connectivity index (χ0) is 20.1. The minimum atomic E-state index is -3.74. The summed E-state index contributed by atoms with van der Waals surface area (Å²) < 4.78 is 33.0. The van der Waals surface area contributed by atoms with Gasteiger partial charge in [0, 0.05) is 32.0 Å². The number of rotatable bonds is 6. The third-order valence-corrected chi connectivity index (χ3v) is 6.77. The van der Waals surface area contributed by atoms with E-state index in [-0.39, 0.29) is 23.3 Å². The summed E-state index contributed by atoms with van der Waals surface area (Å²) in [5.74, 6) is -0.204. The lowest BCUT2D eigenvalue weighted by atomic mass is 9.99. The van der Waals surface area contributed by atoms with Crippen molar-refractivity contribution in [1.82, 2.24) is 14.6 Å². The van der Waals surface area contributed by atoms with Crippen molar-refractivity contribution in [3.05, 3.63) is 53.9 Å². The Bertz CT molecular complexity index is 932. The molecule has 1 saturated heterocycles. The van der Waals surface area contributed by atoms with Crippen LogP contribution in [0.3, 0.4) is 0 Å². The van der Waals surface area contributed by atoms with Crippen molar-refractivity contribution in [2.75, 3.05) is 20.2 Å². The number of aromatic nitrogens is 1. The third-order valence-electron chi connectivity index (χ3n) is 4.88. The average Bonchev–Trinajstić information content (AvgIpc) is 2.72. The average molecular weight is 404 g/mol. The summed E-state index contributed by atoms with van der Waals surface area (Å²) in [6.07, 6.45) is 4.67. The molecule has 28 heavy (non-hydrogen) atoms. The molecule has 1 fully saturated rings. The maximum atomic E-state index is 13.2. The summed E-state index contributed by atoms with van der Waals surface area (Å²) in [7, 11) is -2.29. The van der Waals surface area contributed by atoms with Gasteiger partial charge in [-0.2, -0.15) is 4.31 Å². The lowest BCUT2D eigenvalue weighted by Crippen LogP contribution is -2.45. The van der Waals surface area contributed by atoms with Crippen LogP contribution in [0.25, 0.3) is 0 Å². The highest BCUT2D eigenvalue weighted by atomic mass is 32.2. The van der Waals surface area contributed by atoms with E-state index in [9.17, 15) is 13.2 Å². The second-order valence-corrected chi connectivity index (χ2v) is 8.84. The minimum Gasteiger partial charge on any atom is -0.495 e. The molecule has 2 aromatic rings. The molecule has 0 radical (unpaired) electrons. The van der Waals surface area contributed by atoms with Crippen LogP contribution >= 0.6 is 0 Å². The van der Waals surface area contributed by atoms with Gasteiger partial charge in [-0.1, -0.05) is 12.1 Å². The van der Waals surface area contributed by atoms with Crippen molar-refractivity contribution in [2.24, 2.45) is 5.92 Å². The minimum absolute atomic E-state index is 0.139. The number of aryl methyl sites for hydroxylation is 1. The molecule has 0 bridgehead atoms. The third kappa shape index (κ3) is 4.51. The van der Waals surface area contributed by atoms with Gasteiger partial charge in [0.15, 0.2) is 0 Å². The van der Waals surface area contributed by atoms with Gasteiger partial charge < -0.3 is 10.1 Å². The number of hydrogen-bond acceptors (Lipinski definition) is 5. The zero-order valence-corrected chi connectivity index (χ0v) is 16.9. The van der Waals surface area contributed by atoms with Crippen LogP contribution in [0.2, 0.25) is 0 Å². The van der Waals surface area contributed by atoms with Gasteiger partial charge in [-0.05, 0) is 49.1 Å². The van der Waals surface area contributed by atoms with Crippen LogP contribution < -0.4 is 10.1 Å². The van der Waals surface area contributed by atoms with E-state index in [1.165, 1.54) is 11.4 Å². The number of amides is 1. The van der Waals surface area contributed by atoms with Gasteiger partial charge in [0.05, 0.1) is 13.0 Å². The van der Waals surface area contributed by atoms with Crippen LogP contribution in [0.5, 0.6) is 5.75 Å². The molecule has 1 N–H and O–H groups in total. The summed E-state index contributed by atoms with van der Waals surface area (Å²) in [6, 6.07) is 8.77. The Morgan fingerprint density at radius 3 is 2.89 bits per heavy atom. The second kappa shape index (κ2) is 8.70. The first kappa shape index (κ1) is 20.3. The van der Waals surface area contributed by atoms with Gasteiger partial charge in [0.1, 0.15) is 10.6 Å². The van der Waals surface area contributed by atoms with Crippen LogP contribution in [0.4, 0.5) is 0 Å². The number of hydrogen-bond donors (Lipinski definition) is 1. The molecule has 1 amide bonds. The number of nitrogens with one attached hydrogen (secondary N) is 1. The fourth-order valence-corrected chi connectivity index (χ4v) is 5.10. The predicted octanol–water partition coefficient (Wildman–Crippen LogP) is 2.12. The molecule has 8 heteroatoms. The molecule has 3 rings (SSSR count). The van der Waals surface area contributed by atoms with Gasteiger partial charge in [0.25, 0.3) is 0 Å². The van der Waals surface area contributed by atoms with E-state index >= 15 is 0 Å². The van der Waals surface area contributed by atoms with Crippen molar-refractivity contribution in [3.63, 3.8) is 0 Å². The molecule has 0 aliphatic carbocycles. The van der Waals surface area contributed by atoms with E-state index in [4.69, 9.17) is 4.74 Å². The smallest absolute Gasteiger partial charge is 0.246 e. The molecule has 1 aromatic carbocycles. The molecule has 1 aliphatic heterocycles. The van der Waals surface area contributed by atoms with Crippen LogP contribution in [0.1, 0.15) is 24.0 Å². The maximum absolute atomic E-state index is 13.2. The summed E-state index contributed by atoms with van der Waals surface area (Å²) in [4.78, 5) is 16.8. The van der Waals surface area contributed by atoms with Crippen molar-refractivity contribution in [2.45, 2.75) is 31.2 Å². The number of carbonyl (C=O) groups is 1. The summed E-state index contributed by atoms with van der Waals surface area (Å²) in [5, 5.41) is 2.89. The number of piperidine rings is 1. The highest BCUT2D eigenvalue weighted by Gasteiger charge is 2.34. The number of carbonyl (C=O) groups excluding carboxylic acids is 1. The fourth-order valence-electron chi connectivity index (χ4n) is 3.34. The van der Waals surface area contributed by atoms with E-state index < -0.39 is 10.0 Å². The molecular formula is C20H25N3O4S. The fraction of sp³-hybridized carbons (Fsp3) is 0.400. The first-order chi connectivity index (χ1) is 13.4. The van der Waals surface area contributed by atoms with Gasteiger partial charge >= 0.3 is 0 Å². The molecule has 1 aliphatic rings. The Balaban J connectivity index is 1.72. The van der Waals surface area contributed by atoms with Gasteiger partial charge in [-0.25, -0.2) is 8.42 Å². The van der Waals surface area contributed by atoms with Crippen LogP contribution in [0, 0.1) is 12.8 Å². The number of methoxy groups -OCH3 is 1. The number of sulfonamides is 1. The van der Waals surface area contributed by atoms with Crippen molar-refractivity contribution < 1.29 is 17.9 Å². The number of ether oxygens (including phenoxy) is 1. The first-order valence-corrected chi connectivity index (χ1v) is 10.7. The van der Waals surface area contributed by atoms with Gasteiger partial charge in [-0.3, -0.25) is 9.78 Å². The van der Waals surface area contributed by atoms with Crippen LogP contribution in [-0.2, 0) is 21.4 Å². The van der Waals surface area contributed by atoms with Crippen molar-refractivity contribution in [1.29, 1.82) is 0 Å². The molecule has 7 nitrogen and oxygen atoms in total. The first-order valence-electron chi connectivity index (χ1n) is 9.23. The summed E-state index contributed by atoms with van der Waals surface area (Å²) in [6.45, 7) is 2.77. The summed E-state index contributed by atoms with van der Waals surface area (Å²) in [5.41, 5.74) is 1.74. The number of nitrogens with zero attached hydrogens (tertiary/aromatic N) is 2. The molecule has 1 aromatic heterocycles. The molecule has 2 heterocycles. The second-order valence-electron chi connectivity index (χ2n) is 6.94. The Labute approximate surface area is 165 Å². The Morgan fingerprint density at radius 1 is 1.36 bits per heavy atom. The lowest BCUT2D eigenvalue weighted by Gasteiger charge is -2.31. The van der Waals surface area contributed by atoms with Crippen molar-refractivity contribution >= 4 is 15.9 Å². The molecule has 0 spiro atoms. The van der Waals surface area contributed by atoms with Crippen LogP contribution in [-0.4, -0.2) is 43.8 Å². The quantitative estimate of drug-likeness (QED) is 0.798. The molecule has 0 saturated carbocycles. The highest BCUT2D eigenvalue weighted by Crippen LogP contribution is 2.30. The lowest BCUT2D eigenvalue weighted by molar-refractivity contribution is -0.126. The number of benzene rings is 1. The Morgan fingerprint density at radius 2 is 2.18 bits per heavy atom. The van der Waals surface area contributed by atoms with E-state index in [0.29, 0.717) is 31.7 Å². The molecular weight excluding hydrogens is 378 g/mol. The Hall–Kier alpha value is -2.45. The SMILES string of the molecule is COc1ccc(C)cc1S(=O)(=O)N1CCC[C@@H](C(=O)NCc2cccnc2)C1. The molecule has 1 atom stereocenters. The van der Waals surface area contributed by atoms with E-state index in [1.807, 2.05) is 25.1 Å². The van der Waals surface area contributed by atoms with Gasteiger partial charge in [-0.15, -0.1) is 0 Å². The highest BCUT2D eigenvalue weighted by molar-refractivity contribution is 7.89. The van der Waals surface area contributed by atoms with Crippen molar-refractivity contribution in [3.8, 4) is 5.75 Å².